The normalized spacial score (nSPS) is 29.4. The van der Waals surface area contributed by atoms with Gasteiger partial charge in [0, 0.05) is 25.0 Å². The molecule has 4 rings (SSSR count). The summed E-state index contributed by atoms with van der Waals surface area (Å²) in [6.45, 7) is 10.3. The molecule has 2 fully saturated rings. The quantitative estimate of drug-likeness (QED) is 0.621. The van der Waals surface area contributed by atoms with Crippen LogP contribution in [0.4, 0.5) is 5.69 Å². The maximum Gasteiger partial charge on any atom is 0.494 e. The number of hydrogen-bond donors (Lipinski definition) is 1. The third-order valence-electron chi connectivity index (χ3n) is 6.48. The van der Waals surface area contributed by atoms with Gasteiger partial charge >= 0.3 is 7.12 Å². The van der Waals surface area contributed by atoms with Crippen molar-refractivity contribution in [1.29, 1.82) is 0 Å². The first-order valence-corrected chi connectivity index (χ1v) is 9.62. The summed E-state index contributed by atoms with van der Waals surface area (Å²) in [5.41, 5.74) is 3.68. The zero-order chi connectivity index (χ0) is 18.7. The lowest BCUT2D eigenvalue weighted by Gasteiger charge is -2.32. The van der Waals surface area contributed by atoms with Crippen molar-refractivity contribution in [2.24, 2.45) is 0 Å². The summed E-state index contributed by atoms with van der Waals surface area (Å²) in [7, 11) is -0.329. The summed E-state index contributed by atoms with van der Waals surface area (Å²) in [6.07, 6.45) is 7.84. The van der Waals surface area contributed by atoms with Crippen LogP contribution in [0.2, 0.25) is 0 Å². The SMILES string of the molecule is CC1(O)CCC(=[N+]2C=Cc3cc(B4OC(C)(C)C(C)(C)O4)ccc32)CC1. The van der Waals surface area contributed by atoms with E-state index in [1.807, 2.05) is 6.92 Å². The van der Waals surface area contributed by atoms with Crippen LogP contribution in [0.15, 0.2) is 24.4 Å². The van der Waals surface area contributed by atoms with E-state index in [1.54, 1.807) is 0 Å². The van der Waals surface area contributed by atoms with Crippen LogP contribution in [0.1, 0.15) is 65.9 Å². The Balaban J connectivity index is 1.60. The minimum Gasteiger partial charge on any atom is -0.399 e. The highest BCUT2D eigenvalue weighted by Crippen LogP contribution is 2.37. The molecule has 26 heavy (non-hydrogen) atoms. The lowest BCUT2D eigenvalue weighted by atomic mass is 9.78. The Morgan fingerprint density at radius 1 is 1.00 bits per heavy atom. The van der Waals surface area contributed by atoms with Crippen LogP contribution in [0.25, 0.3) is 6.08 Å². The maximum atomic E-state index is 10.2. The van der Waals surface area contributed by atoms with Gasteiger partial charge in [0.2, 0.25) is 5.69 Å². The van der Waals surface area contributed by atoms with E-state index in [0.717, 1.165) is 31.1 Å². The molecule has 0 atom stereocenters. The molecule has 5 heteroatoms. The summed E-state index contributed by atoms with van der Waals surface area (Å²) in [4.78, 5) is 0. The summed E-state index contributed by atoms with van der Waals surface area (Å²) in [6, 6.07) is 6.45. The van der Waals surface area contributed by atoms with Crippen molar-refractivity contribution >= 4 is 30.1 Å². The highest BCUT2D eigenvalue weighted by Gasteiger charge is 2.51. The van der Waals surface area contributed by atoms with Crippen molar-refractivity contribution in [3.63, 3.8) is 0 Å². The second-order valence-electron chi connectivity index (χ2n) is 9.16. The van der Waals surface area contributed by atoms with E-state index < -0.39 is 5.60 Å². The summed E-state index contributed by atoms with van der Waals surface area (Å²) in [5.74, 6) is 0. The van der Waals surface area contributed by atoms with E-state index >= 15 is 0 Å². The molecule has 0 radical (unpaired) electrons. The van der Waals surface area contributed by atoms with Crippen LogP contribution in [0, 0.1) is 0 Å². The third kappa shape index (κ3) is 2.96. The largest absolute Gasteiger partial charge is 0.494 e. The van der Waals surface area contributed by atoms with Crippen LogP contribution >= 0.6 is 0 Å². The van der Waals surface area contributed by atoms with Gasteiger partial charge in [-0.15, -0.1) is 0 Å². The molecule has 1 aliphatic carbocycles. The molecule has 1 aromatic rings. The highest BCUT2D eigenvalue weighted by molar-refractivity contribution is 6.62. The zero-order valence-electron chi connectivity index (χ0n) is 16.5. The van der Waals surface area contributed by atoms with Gasteiger partial charge in [0.25, 0.3) is 0 Å². The molecule has 2 heterocycles. The number of nitrogens with zero attached hydrogens (tertiary/aromatic N) is 1. The van der Waals surface area contributed by atoms with E-state index in [-0.39, 0.29) is 18.3 Å². The van der Waals surface area contributed by atoms with Crippen LogP contribution in [0.5, 0.6) is 0 Å². The molecule has 0 aromatic heterocycles. The lowest BCUT2D eigenvalue weighted by molar-refractivity contribution is -0.359. The van der Waals surface area contributed by atoms with Gasteiger partial charge in [0.05, 0.1) is 22.4 Å². The van der Waals surface area contributed by atoms with Gasteiger partial charge < -0.3 is 14.4 Å². The van der Waals surface area contributed by atoms with Crippen LogP contribution < -0.4 is 5.46 Å². The van der Waals surface area contributed by atoms with Gasteiger partial charge in [-0.05, 0) is 59.0 Å². The van der Waals surface area contributed by atoms with Crippen molar-refractivity contribution in [1.82, 2.24) is 0 Å². The average Bonchev–Trinajstić information content (AvgIpc) is 3.05. The Morgan fingerprint density at radius 2 is 1.62 bits per heavy atom. The first-order chi connectivity index (χ1) is 12.1. The molecular formula is C21H29BNO3+. The minimum atomic E-state index is -0.517. The van der Waals surface area contributed by atoms with Gasteiger partial charge in [-0.2, -0.15) is 4.58 Å². The number of rotatable bonds is 1. The first kappa shape index (κ1) is 18.0. The van der Waals surface area contributed by atoms with Crippen molar-refractivity contribution < 1.29 is 19.0 Å². The molecule has 1 N–H and O–H groups in total. The first-order valence-electron chi connectivity index (χ1n) is 9.62. The second-order valence-corrected chi connectivity index (χ2v) is 9.16. The van der Waals surface area contributed by atoms with Gasteiger partial charge in [0.15, 0.2) is 11.9 Å². The van der Waals surface area contributed by atoms with E-state index in [9.17, 15) is 5.11 Å². The molecule has 3 aliphatic rings. The van der Waals surface area contributed by atoms with E-state index in [0.29, 0.717) is 0 Å². The fourth-order valence-electron chi connectivity index (χ4n) is 3.88. The number of fused-ring (bicyclic) bond motifs is 1. The highest BCUT2D eigenvalue weighted by atomic mass is 16.7. The molecular weight excluding hydrogens is 325 g/mol. The predicted octanol–water partition coefficient (Wildman–Crippen LogP) is 3.38. The van der Waals surface area contributed by atoms with E-state index in [2.05, 4.69) is 62.7 Å². The molecule has 4 nitrogen and oxygen atoms in total. The third-order valence-corrected chi connectivity index (χ3v) is 6.48. The monoisotopic (exact) mass is 354 g/mol. The van der Waals surface area contributed by atoms with Crippen molar-refractivity contribution in [3.8, 4) is 0 Å². The summed E-state index contributed by atoms with van der Waals surface area (Å²) in [5, 5.41) is 10.2. The Labute approximate surface area is 156 Å². The second kappa shape index (κ2) is 5.78. The molecule has 0 amide bonds. The zero-order valence-corrected chi connectivity index (χ0v) is 16.5. The molecule has 1 saturated carbocycles. The molecule has 0 spiro atoms. The Morgan fingerprint density at radius 3 is 2.23 bits per heavy atom. The Kier molecular flexibility index (Phi) is 4.00. The topological polar surface area (TPSA) is 41.7 Å². The fourth-order valence-corrected chi connectivity index (χ4v) is 3.88. The number of hydrogen-bond acceptors (Lipinski definition) is 3. The van der Waals surface area contributed by atoms with Gasteiger partial charge in [0.1, 0.15) is 0 Å². The van der Waals surface area contributed by atoms with Crippen molar-refractivity contribution in [3.05, 3.63) is 30.0 Å². The molecule has 2 aliphatic heterocycles. The fraction of sp³-hybridized carbons (Fsp3) is 0.571. The van der Waals surface area contributed by atoms with Crippen LogP contribution in [-0.4, -0.2) is 39.3 Å². The lowest BCUT2D eigenvalue weighted by Crippen LogP contribution is -2.41. The Bertz CT molecular complexity index is 779. The standard InChI is InChI=1S/C21H29BNO3/c1-19(2)20(3,4)26-22(25-19)16-6-7-18-15(14-16)10-13-23(18)17-8-11-21(5,24)12-9-17/h6-7,10,13-14,24H,8-9,11-12H2,1-5H3/q+1. The molecule has 1 saturated heterocycles. The van der Waals surface area contributed by atoms with E-state index in [1.165, 1.54) is 17.0 Å². The summed E-state index contributed by atoms with van der Waals surface area (Å²) >= 11 is 0. The minimum absolute atomic E-state index is 0.326. The number of benzene rings is 1. The maximum absolute atomic E-state index is 10.2. The number of aliphatic hydroxyl groups is 1. The average molecular weight is 354 g/mol. The van der Waals surface area contributed by atoms with Crippen LogP contribution in [-0.2, 0) is 9.31 Å². The van der Waals surface area contributed by atoms with E-state index in [4.69, 9.17) is 9.31 Å². The van der Waals surface area contributed by atoms with Crippen molar-refractivity contribution in [2.45, 2.75) is 77.1 Å². The van der Waals surface area contributed by atoms with Crippen LogP contribution in [0.3, 0.4) is 0 Å². The van der Waals surface area contributed by atoms with Crippen molar-refractivity contribution in [2.75, 3.05) is 0 Å². The molecule has 0 bridgehead atoms. The molecule has 1 aromatic carbocycles. The summed E-state index contributed by atoms with van der Waals surface area (Å²) < 4.78 is 14.7. The smallest absolute Gasteiger partial charge is 0.399 e. The Hall–Kier alpha value is -1.43. The molecule has 0 unspecified atom stereocenters. The van der Waals surface area contributed by atoms with Gasteiger partial charge in [-0.25, -0.2) is 0 Å². The van der Waals surface area contributed by atoms with Gasteiger partial charge in [-0.1, -0.05) is 6.07 Å². The molecule has 138 valence electrons. The predicted molar refractivity (Wildman–Crippen MR) is 105 cm³/mol. The van der Waals surface area contributed by atoms with Gasteiger partial charge in [-0.3, -0.25) is 0 Å².